The maximum atomic E-state index is 11.1. The maximum Gasteiger partial charge on any atom is 0.305 e. The Kier molecular flexibility index (Phi) is 4.21. The number of esters is 1. The highest BCUT2D eigenvalue weighted by atomic mass is 79.9. The number of benzene rings is 1. The van der Waals surface area contributed by atoms with Crippen LogP contribution in [0.5, 0.6) is 0 Å². The smallest absolute Gasteiger partial charge is 0.305 e. The summed E-state index contributed by atoms with van der Waals surface area (Å²) in [5.41, 5.74) is 4.14. The number of carbonyl (C=O) groups excluding carboxylic acids is 1. The second kappa shape index (κ2) is 5.67. The molecule has 3 heteroatoms. The van der Waals surface area contributed by atoms with E-state index in [1.54, 1.807) is 0 Å². The molecule has 92 valence electrons. The molecule has 0 aliphatic heterocycles. The van der Waals surface area contributed by atoms with E-state index < -0.39 is 0 Å². The lowest BCUT2D eigenvalue weighted by atomic mass is 9.90. The molecule has 0 radical (unpaired) electrons. The van der Waals surface area contributed by atoms with Gasteiger partial charge in [0.1, 0.15) is 0 Å². The Morgan fingerprint density at radius 3 is 2.59 bits per heavy atom. The maximum absolute atomic E-state index is 11.1. The number of fused-ring (bicyclic) bond motifs is 1. The average molecular weight is 297 g/mol. The van der Waals surface area contributed by atoms with Crippen LogP contribution < -0.4 is 0 Å². The molecule has 17 heavy (non-hydrogen) atoms. The highest BCUT2D eigenvalue weighted by molar-refractivity contribution is 9.10. The molecule has 0 saturated carbocycles. The van der Waals surface area contributed by atoms with E-state index >= 15 is 0 Å². The first-order valence-corrected chi connectivity index (χ1v) is 6.87. The summed E-state index contributed by atoms with van der Waals surface area (Å²) in [6.07, 6.45) is 6.14. The van der Waals surface area contributed by atoms with E-state index in [1.807, 2.05) is 0 Å². The standard InChI is InChI=1S/C14H17BrO2/c1-17-14(16)7-6-12-8-10-4-2-3-5-11(10)9-13(12)15/h8-9H,2-7H2,1H3. The highest BCUT2D eigenvalue weighted by Crippen LogP contribution is 2.28. The third-order valence-corrected chi connectivity index (χ3v) is 4.08. The van der Waals surface area contributed by atoms with Crippen LogP contribution in [0.2, 0.25) is 0 Å². The minimum Gasteiger partial charge on any atom is -0.469 e. The normalized spacial score (nSPS) is 14.2. The number of halogens is 1. The van der Waals surface area contributed by atoms with E-state index in [0.717, 1.165) is 10.9 Å². The molecule has 2 rings (SSSR count). The Labute approximate surface area is 110 Å². The van der Waals surface area contributed by atoms with Gasteiger partial charge in [-0.1, -0.05) is 22.0 Å². The fourth-order valence-corrected chi connectivity index (χ4v) is 2.93. The van der Waals surface area contributed by atoms with Crippen LogP contribution in [-0.2, 0) is 28.8 Å². The molecule has 0 saturated heterocycles. The van der Waals surface area contributed by atoms with Crippen molar-refractivity contribution in [2.45, 2.75) is 38.5 Å². The van der Waals surface area contributed by atoms with Gasteiger partial charge in [0.05, 0.1) is 7.11 Å². The van der Waals surface area contributed by atoms with E-state index in [2.05, 4.69) is 32.8 Å². The number of hydrogen-bond acceptors (Lipinski definition) is 2. The molecular formula is C14H17BrO2. The van der Waals surface area contributed by atoms with Crippen molar-refractivity contribution in [2.75, 3.05) is 7.11 Å². The van der Waals surface area contributed by atoms with Crippen LogP contribution in [0.3, 0.4) is 0 Å². The lowest BCUT2D eigenvalue weighted by Crippen LogP contribution is -2.06. The van der Waals surface area contributed by atoms with E-state index in [1.165, 1.54) is 49.5 Å². The number of aryl methyl sites for hydroxylation is 3. The second-order valence-corrected chi connectivity index (χ2v) is 5.35. The van der Waals surface area contributed by atoms with Gasteiger partial charge in [-0.2, -0.15) is 0 Å². The van der Waals surface area contributed by atoms with E-state index in [-0.39, 0.29) is 5.97 Å². The van der Waals surface area contributed by atoms with Gasteiger partial charge in [-0.05, 0) is 54.9 Å². The van der Waals surface area contributed by atoms with Crippen LogP contribution in [-0.4, -0.2) is 13.1 Å². The van der Waals surface area contributed by atoms with Crippen LogP contribution in [0.15, 0.2) is 16.6 Å². The molecule has 0 atom stereocenters. The Balaban J connectivity index is 2.14. The monoisotopic (exact) mass is 296 g/mol. The number of ether oxygens (including phenoxy) is 1. The van der Waals surface area contributed by atoms with Gasteiger partial charge in [-0.15, -0.1) is 0 Å². The summed E-state index contributed by atoms with van der Waals surface area (Å²) >= 11 is 3.60. The topological polar surface area (TPSA) is 26.3 Å². The molecule has 1 aliphatic carbocycles. The lowest BCUT2D eigenvalue weighted by Gasteiger charge is -2.18. The van der Waals surface area contributed by atoms with Crippen molar-refractivity contribution in [3.8, 4) is 0 Å². The Morgan fingerprint density at radius 2 is 1.94 bits per heavy atom. The summed E-state index contributed by atoms with van der Waals surface area (Å²) < 4.78 is 5.80. The fourth-order valence-electron chi connectivity index (χ4n) is 2.34. The summed E-state index contributed by atoms with van der Waals surface area (Å²) in [4.78, 5) is 11.1. The Hall–Kier alpha value is -0.830. The molecular weight excluding hydrogens is 280 g/mol. The zero-order chi connectivity index (χ0) is 12.3. The molecule has 0 unspecified atom stereocenters. The van der Waals surface area contributed by atoms with Crippen LogP contribution in [0.4, 0.5) is 0 Å². The van der Waals surface area contributed by atoms with Crippen molar-refractivity contribution in [1.29, 1.82) is 0 Å². The number of methoxy groups -OCH3 is 1. The zero-order valence-electron chi connectivity index (χ0n) is 10.1. The molecule has 0 aromatic heterocycles. The number of rotatable bonds is 3. The summed E-state index contributed by atoms with van der Waals surface area (Å²) in [5.74, 6) is -0.144. The minimum atomic E-state index is -0.144. The van der Waals surface area contributed by atoms with Gasteiger partial charge in [0.2, 0.25) is 0 Å². The predicted octanol–water partition coefficient (Wildman–Crippen LogP) is 3.43. The van der Waals surface area contributed by atoms with E-state index in [9.17, 15) is 4.79 Å². The number of hydrogen-bond donors (Lipinski definition) is 0. The van der Waals surface area contributed by atoms with Gasteiger partial charge >= 0.3 is 5.97 Å². The van der Waals surface area contributed by atoms with E-state index in [4.69, 9.17) is 0 Å². The molecule has 1 aromatic carbocycles. The average Bonchev–Trinajstić information content (AvgIpc) is 2.35. The first-order chi connectivity index (χ1) is 8.20. The minimum absolute atomic E-state index is 0.144. The molecule has 0 spiro atoms. The summed E-state index contributed by atoms with van der Waals surface area (Å²) in [5, 5.41) is 0. The van der Waals surface area contributed by atoms with Crippen molar-refractivity contribution in [3.05, 3.63) is 33.3 Å². The highest BCUT2D eigenvalue weighted by Gasteiger charge is 2.13. The van der Waals surface area contributed by atoms with E-state index in [0.29, 0.717) is 6.42 Å². The molecule has 0 N–H and O–H groups in total. The molecule has 0 fully saturated rings. The summed E-state index contributed by atoms with van der Waals surface area (Å²) in [7, 11) is 1.43. The van der Waals surface area contributed by atoms with Crippen LogP contribution in [0.1, 0.15) is 36.0 Å². The predicted molar refractivity (Wildman–Crippen MR) is 71.1 cm³/mol. The largest absolute Gasteiger partial charge is 0.469 e. The molecule has 1 aromatic rings. The van der Waals surface area contributed by atoms with Gasteiger partial charge < -0.3 is 4.74 Å². The second-order valence-electron chi connectivity index (χ2n) is 4.50. The van der Waals surface area contributed by atoms with Gasteiger partial charge in [0.25, 0.3) is 0 Å². The lowest BCUT2D eigenvalue weighted by molar-refractivity contribution is -0.140. The Morgan fingerprint density at radius 1 is 1.29 bits per heavy atom. The molecule has 0 heterocycles. The SMILES string of the molecule is COC(=O)CCc1cc2c(cc1Br)CCCC2. The first-order valence-electron chi connectivity index (χ1n) is 6.07. The van der Waals surface area contributed by atoms with Crippen molar-refractivity contribution in [2.24, 2.45) is 0 Å². The zero-order valence-corrected chi connectivity index (χ0v) is 11.7. The third kappa shape index (κ3) is 3.09. The van der Waals surface area contributed by atoms with Gasteiger partial charge in [-0.25, -0.2) is 0 Å². The van der Waals surface area contributed by atoms with Crippen molar-refractivity contribution in [3.63, 3.8) is 0 Å². The quantitative estimate of drug-likeness (QED) is 0.799. The summed E-state index contributed by atoms with van der Waals surface area (Å²) in [6, 6.07) is 4.47. The number of carbonyl (C=O) groups is 1. The van der Waals surface area contributed by atoms with Crippen LogP contribution in [0.25, 0.3) is 0 Å². The summed E-state index contributed by atoms with van der Waals surface area (Å²) in [6.45, 7) is 0. The van der Waals surface area contributed by atoms with Crippen molar-refractivity contribution in [1.82, 2.24) is 0 Å². The molecule has 0 amide bonds. The first kappa shape index (κ1) is 12.6. The van der Waals surface area contributed by atoms with Crippen LogP contribution in [0, 0.1) is 0 Å². The fraction of sp³-hybridized carbons (Fsp3) is 0.500. The molecule has 0 bridgehead atoms. The molecule has 1 aliphatic rings. The third-order valence-electron chi connectivity index (χ3n) is 3.34. The van der Waals surface area contributed by atoms with Gasteiger partial charge in [0, 0.05) is 10.9 Å². The van der Waals surface area contributed by atoms with Crippen molar-refractivity contribution >= 4 is 21.9 Å². The van der Waals surface area contributed by atoms with Gasteiger partial charge in [0.15, 0.2) is 0 Å². The van der Waals surface area contributed by atoms with Crippen LogP contribution >= 0.6 is 15.9 Å². The van der Waals surface area contributed by atoms with Crippen molar-refractivity contribution < 1.29 is 9.53 Å². The van der Waals surface area contributed by atoms with Gasteiger partial charge in [-0.3, -0.25) is 4.79 Å². The Bertz CT molecular complexity index is 426. The molecule has 2 nitrogen and oxygen atoms in total.